The van der Waals surface area contributed by atoms with E-state index in [1.807, 2.05) is 0 Å². The van der Waals surface area contributed by atoms with Crippen molar-refractivity contribution < 1.29 is 23.9 Å². The van der Waals surface area contributed by atoms with Crippen LogP contribution in [0.5, 0.6) is 0 Å². The summed E-state index contributed by atoms with van der Waals surface area (Å²) in [7, 11) is 2.35. The summed E-state index contributed by atoms with van der Waals surface area (Å²) in [5.41, 5.74) is -0.560. The molecule has 1 N–H and O–H groups in total. The van der Waals surface area contributed by atoms with Crippen molar-refractivity contribution >= 4 is 46.7 Å². The molecule has 1 aromatic carbocycles. The molecule has 0 aliphatic rings. The number of nitrogens with zero attached hydrogens (tertiary/aromatic N) is 2. The molecule has 2 aromatic rings. The molecule has 0 atom stereocenters. The smallest absolute Gasteiger partial charge is 0.337 e. The first-order valence-electron chi connectivity index (χ1n) is 7.29. The number of nitrogens with one attached hydrogen (secondary N) is 1. The third-order valence-electron chi connectivity index (χ3n) is 3.29. The van der Waals surface area contributed by atoms with Crippen LogP contribution in [-0.4, -0.2) is 41.8 Å². The molecule has 0 radical (unpaired) electrons. The lowest BCUT2D eigenvalue weighted by molar-refractivity contribution is -0.117. The molecule has 0 unspecified atom stereocenters. The van der Waals surface area contributed by atoms with Crippen molar-refractivity contribution in [2.24, 2.45) is 0 Å². The predicted molar refractivity (Wildman–Crippen MR) is 96.3 cm³/mol. The Balaban J connectivity index is 2.29. The second-order valence-electron chi connectivity index (χ2n) is 5.10. The van der Waals surface area contributed by atoms with Crippen LogP contribution >= 0.6 is 23.2 Å². The minimum atomic E-state index is -0.738. The number of anilines is 1. The number of benzene rings is 1. The van der Waals surface area contributed by atoms with Crippen LogP contribution in [0.2, 0.25) is 10.0 Å². The monoisotopic (exact) mass is 413 g/mol. The Morgan fingerprint density at radius 1 is 1.07 bits per heavy atom. The minimum absolute atomic E-state index is 0.0283. The number of carbonyl (C=O) groups excluding carboxylic acids is 3. The summed E-state index contributed by atoms with van der Waals surface area (Å²) in [6.45, 7) is -0.467. The van der Waals surface area contributed by atoms with Gasteiger partial charge in [-0.15, -0.1) is 0 Å². The molecule has 0 aliphatic carbocycles. The van der Waals surface area contributed by atoms with Crippen molar-refractivity contribution in [2.75, 3.05) is 19.5 Å². The summed E-state index contributed by atoms with van der Waals surface area (Å²) in [5, 5.41) is 5.88. The van der Waals surface area contributed by atoms with Crippen LogP contribution in [0.15, 0.2) is 29.2 Å². The van der Waals surface area contributed by atoms with Gasteiger partial charge in [0.05, 0.1) is 36.6 Å². The number of carbonyl (C=O) groups is 3. The number of amides is 1. The van der Waals surface area contributed by atoms with E-state index in [0.717, 1.165) is 10.9 Å². The van der Waals surface area contributed by atoms with E-state index in [2.05, 4.69) is 19.9 Å². The minimum Gasteiger partial charge on any atom is -0.465 e. The van der Waals surface area contributed by atoms with E-state index < -0.39 is 29.9 Å². The van der Waals surface area contributed by atoms with Gasteiger partial charge < -0.3 is 14.8 Å². The fourth-order valence-electron chi connectivity index (χ4n) is 2.07. The maximum Gasteiger partial charge on any atom is 0.337 e. The number of esters is 2. The summed E-state index contributed by atoms with van der Waals surface area (Å²) in [6, 6.07) is 3.88. The first kappa shape index (κ1) is 20.4. The molecule has 2 rings (SSSR count). The van der Waals surface area contributed by atoms with Crippen LogP contribution in [0, 0.1) is 0 Å². The fourth-order valence-corrected chi connectivity index (χ4v) is 2.34. The van der Waals surface area contributed by atoms with Crippen molar-refractivity contribution in [1.82, 2.24) is 9.78 Å². The maximum absolute atomic E-state index is 12.2. The summed E-state index contributed by atoms with van der Waals surface area (Å²) < 4.78 is 10.0. The Labute approximate surface area is 162 Å². The Kier molecular flexibility index (Phi) is 6.54. The van der Waals surface area contributed by atoms with Gasteiger partial charge in [0.25, 0.3) is 5.56 Å². The lowest BCUT2D eigenvalue weighted by Gasteiger charge is -2.10. The van der Waals surface area contributed by atoms with Gasteiger partial charge in [0.1, 0.15) is 11.6 Å². The standard InChI is InChI=1S/C16H13Cl2N3O6/c1-26-15(24)8-3-9(16(25)27-2)5-10(4-8)20-12(22)7-21-14(23)13(18)11(17)6-19-21/h3-6H,7H2,1-2H3,(H,20,22). The van der Waals surface area contributed by atoms with Gasteiger partial charge in [0, 0.05) is 5.69 Å². The van der Waals surface area contributed by atoms with Crippen molar-refractivity contribution in [1.29, 1.82) is 0 Å². The molecule has 9 nitrogen and oxygen atoms in total. The van der Waals surface area contributed by atoms with Crippen molar-refractivity contribution in [3.05, 3.63) is 55.9 Å². The van der Waals surface area contributed by atoms with Crippen molar-refractivity contribution in [3.63, 3.8) is 0 Å². The Morgan fingerprint density at radius 3 is 2.15 bits per heavy atom. The zero-order chi connectivity index (χ0) is 20.1. The third kappa shape index (κ3) is 4.83. The molecule has 0 bridgehead atoms. The molecule has 1 amide bonds. The lowest BCUT2D eigenvalue weighted by Crippen LogP contribution is -2.30. The molecule has 0 saturated heterocycles. The first-order valence-corrected chi connectivity index (χ1v) is 8.05. The van der Waals surface area contributed by atoms with Crippen molar-refractivity contribution in [3.8, 4) is 0 Å². The van der Waals surface area contributed by atoms with Gasteiger partial charge in [-0.25, -0.2) is 14.3 Å². The number of ether oxygens (including phenoxy) is 2. The third-order valence-corrected chi connectivity index (χ3v) is 4.04. The summed E-state index contributed by atoms with van der Waals surface area (Å²) in [4.78, 5) is 47.6. The molecule has 0 aliphatic heterocycles. The highest BCUT2D eigenvalue weighted by atomic mass is 35.5. The maximum atomic E-state index is 12.2. The second-order valence-corrected chi connectivity index (χ2v) is 5.88. The summed E-state index contributed by atoms with van der Waals surface area (Å²) in [6.07, 6.45) is 1.13. The van der Waals surface area contributed by atoms with E-state index in [1.54, 1.807) is 0 Å². The zero-order valence-electron chi connectivity index (χ0n) is 14.1. The number of hydrogen-bond acceptors (Lipinski definition) is 7. The van der Waals surface area contributed by atoms with Gasteiger partial charge in [-0.1, -0.05) is 23.2 Å². The Hall–Kier alpha value is -2.91. The van der Waals surface area contributed by atoms with Gasteiger partial charge in [-0.05, 0) is 18.2 Å². The van der Waals surface area contributed by atoms with E-state index in [1.165, 1.54) is 32.4 Å². The lowest BCUT2D eigenvalue weighted by atomic mass is 10.1. The van der Waals surface area contributed by atoms with Gasteiger partial charge in [0.15, 0.2) is 0 Å². The van der Waals surface area contributed by atoms with Gasteiger partial charge >= 0.3 is 11.9 Å². The molecular formula is C16H13Cl2N3O6. The highest BCUT2D eigenvalue weighted by Gasteiger charge is 2.16. The Morgan fingerprint density at radius 2 is 1.63 bits per heavy atom. The second kappa shape index (κ2) is 8.65. The molecule has 1 heterocycles. The van der Waals surface area contributed by atoms with Gasteiger partial charge in [0.2, 0.25) is 5.91 Å². The van der Waals surface area contributed by atoms with E-state index in [9.17, 15) is 19.2 Å². The highest BCUT2D eigenvalue weighted by molar-refractivity contribution is 6.41. The number of halogens is 2. The van der Waals surface area contributed by atoms with E-state index in [4.69, 9.17) is 23.2 Å². The summed E-state index contributed by atoms with van der Waals surface area (Å²) >= 11 is 11.4. The van der Waals surface area contributed by atoms with Gasteiger partial charge in [-0.3, -0.25) is 9.59 Å². The molecule has 0 spiro atoms. The topological polar surface area (TPSA) is 117 Å². The van der Waals surface area contributed by atoms with Gasteiger partial charge in [-0.2, -0.15) is 5.10 Å². The van der Waals surface area contributed by atoms with E-state index in [0.29, 0.717) is 0 Å². The number of methoxy groups -OCH3 is 2. The number of rotatable bonds is 5. The summed E-state index contributed by atoms with van der Waals surface area (Å²) in [5.74, 6) is -2.07. The molecule has 142 valence electrons. The van der Waals surface area contributed by atoms with Crippen LogP contribution in [0.3, 0.4) is 0 Å². The van der Waals surface area contributed by atoms with Crippen LogP contribution in [0.25, 0.3) is 0 Å². The first-order chi connectivity index (χ1) is 12.8. The molecule has 11 heteroatoms. The normalized spacial score (nSPS) is 10.2. The molecule has 1 aromatic heterocycles. The van der Waals surface area contributed by atoms with E-state index >= 15 is 0 Å². The highest BCUT2D eigenvalue weighted by Crippen LogP contribution is 2.18. The fraction of sp³-hybridized carbons (Fsp3) is 0.188. The van der Waals surface area contributed by atoms with Crippen LogP contribution in [0.4, 0.5) is 5.69 Å². The number of hydrogen-bond donors (Lipinski definition) is 1. The zero-order valence-corrected chi connectivity index (χ0v) is 15.6. The number of aromatic nitrogens is 2. The largest absolute Gasteiger partial charge is 0.465 e. The van der Waals surface area contributed by atoms with E-state index in [-0.39, 0.29) is 26.9 Å². The quantitative estimate of drug-likeness (QED) is 0.741. The SMILES string of the molecule is COC(=O)c1cc(NC(=O)Cn2ncc(Cl)c(Cl)c2=O)cc(C(=O)OC)c1. The molecular weight excluding hydrogens is 401 g/mol. The van der Waals surface area contributed by atoms with Crippen molar-refractivity contribution in [2.45, 2.75) is 6.54 Å². The van der Waals surface area contributed by atoms with Crippen LogP contribution in [-0.2, 0) is 20.8 Å². The van der Waals surface area contributed by atoms with Crippen LogP contribution in [0.1, 0.15) is 20.7 Å². The molecule has 27 heavy (non-hydrogen) atoms. The molecule has 0 saturated carbocycles. The predicted octanol–water partition coefficient (Wildman–Crippen LogP) is 1.76. The average Bonchev–Trinajstić information content (AvgIpc) is 2.66. The average molecular weight is 414 g/mol. The van der Waals surface area contributed by atoms with Crippen LogP contribution < -0.4 is 10.9 Å². The molecule has 0 fully saturated rings. The Bertz CT molecular complexity index is 939.